The van der Waals surface area contributed by atoms with E-state index in [9.17, 15) is 14.0 Å². The van der Waals surface area contributed by atoms with Gasteiger partial charge in [-0.1, -0.05) is 0 Å². The van der Waals surface area contributed by atoms with Gasteiger partial charge >= 0.3 is 6.03 Å². The number of carbonyl (C=O) groups is 2. The molecule has 1 saturated heterocycles. The van der Waals surface area contributed by atoms with Gasteiger partial charge in [-0.15, -0.1) is 0 Å². The minimum atomic E-state index is -0.354. The summed E-state index contributed by atoms with van der Waals surface area (Å²) >= 11 is 0. The van der Waals surface area contributed by atoms with Crippen LogP contribution in [0.25, 0.3) is 6.08 Å². The highest BCUT2D eigenvalue weighted by Crippen LogP contribution is 2.11. The van der Waals surface area contributed by atoms with Gasteiger partial charge in [-0.3, -0.25) is 4.79 Å². The topological polar surface area (TPSA) is 65.8 Å². The molecule has 0 spiro atoms. The van der Waals surface area contributed by atoms with Gasteiger partial charge in [0.05, 0.1) is 6.26 Å². The second-order valence-corrected chi connectivity index (χ2v) is 5.60. The van der Waals surface area contributed by atoms with Gasteiger partial charge < -0.3 is 19.5 Å². The van der Waals surface area contributed by atoms with E-state index >= 15 is 0 Å². The first-order valence-electron chi connectivity index (χ1n) is 7.94. The van der Waals surface area contributed by atoms with Gasteiger partial charge in [0.2, 0.25) is 5.91 Å². The Bertz CT molecular complexity index is 748. The Balaban J connectivity index is 1.48. The predicted octanol–water partition coefficient (Wildman–Crippen LogP) is 2.81. The molecule has 1 N–H and O–H groups in total. The fourth-order valence-corrected chi connectivity index (χ4v) is 2.51. The van der Waals surface area contributed by atoms with Crippen molar-refractivity contribution in [2.24, 2.45) is 0 Å². The molecule has 6 nitrogen and oxygen atoms in total. The van der Waals surface area contributed by atoms with Gasteiger partial charge in [0.25, 0.3) is 0 Å². The van der Waals surface area contributed by atoms with E-state index in [0.29, 0.717) is 37.6 Å². The van der Waals surface area contributed by atoms with Crippen molar-refractivity contribution in [2.75, 3.05) is 31.5 Å². The zero-order valence-corrected chi connectivity index (χ0v) is 13.5. The minimum absolute atomic E-state index is 0.116. The molecule has 0 atom stereocenters. The van der Waals surface area contributed by atoms with Crippen molar-refractivity contribution in [2.45, 2.75) is 0 Å². The van der Waals surface area contributed by atoms with E-state index in [0.717, 1.165) is 0 Å². The second-order valence-electron chi connectivity index (χ2n) is 5.60. The highest BCUT2D eigenvalue weighted by Gasteiger charge is 2.23. The fourth-order valence-electron chi connectivity index (χ4n) is 2.51. The molecule has 3 amide bonds. The zero-order valence-electron chi connectivity index (χ0n) is 13.5. The molecule has 130 valence electrons. The highest BCUT2D eigenvalue weighted by atomic mass is 19.1. The number of nitrogens with zero attached hydrogens (tertiary/aromatic N) is 2. The number of anilines is 1. The molecular formula is C18H18FN3O3. The van der Waals surface area contributed by atoms with Gasteiger partial charge in [0, 0.05) is 37.9 Å². The van der Waals surface area contributed by atoms with Crippen LogP contribution in [0.2, 0.25) is 0 Å². The number of halogens is 1. The number of piperazine rings is 1. The van der Waals surface area contributed by atoms with Crippen LogP contribution in [0.1, 0.15) is 5.76 Å². The Hall–Kier alpha value is -3.09. The largest absolute Gasteiger partial charge is 0.465 e. The molecule has 0 unspecified atom stereocenters. The zero-order chi connectivity index (χ0) is 17.6. The SMILES string of the molecule is O=C(/C=C/c1ccco1)N1CCN(C(=O)Nc2ccc(F)cc2)CC1. The van der Waals surface area contributed by atoms with Crippen LogP contribution in [0, 0.1) is 5.82 Å². The lowest BCUT2D eigenvalue weighted by Crippen LogP contribution is -2.51. The van der Waals surface area contributed by atoms with Crippen molar-refractivity contribution in [3.8, 4) is 0 Å². The van der Waals surface area contributed by atoms with Crippen molar-refractivity contribution < 1.29 is 18.4 Å². The van der Waals surface area contributed by atoms with Crippen molar-refractivity contribution in [1.29, 1.82) is 0 Å². The van der Waals surface area contributed by atoms with Crippen molar-refractivity contribution in [3.05, 3.63) is 60.3 Å². The maximum Gasteiger partial charge on any atom is 0.321 e. The number of furan rings is 1. The Morgan fingerprint density at radius 1 is 1.04 bits per heavy atom. The van der Waals surface area contributed by atoms with Crippen LogP contribution in [0.3, 0.4) is 0 Å². The smallest absolute Gasteiger partial charge is 0.321 e. The molecule has 1 aliphatic rings. The summed E-state index contributed by atoms with van der Waals surface area (Å²) in [7, 11) is 0. The number of carbonyl (C=O) groups excluding carboxylic acids is 2. The number of urea groups is 1. The Morgan fingerprint density at radius 2 is 1.72 bits per heavy atom. The predicted molar refractivity (Wildman–Crippen MR) is 91.3 cm³/mol. The molecule has 0 bridgehead atoms. The average molecular weight is 343 g/mol. The van der Waals surface area contributed by atoms with Crippen LogP contribution >= 0.6 is 0 Å². The molecule has 1 aromatic carbocycles. The van der Waals surface area contributed by atoms with E-state index in [4.69, 9.17) is 4.42 Å². The molecule has 2 aromatic rings. The molecule has 1 fully saturated rings. The van der Waals surface area contributed by atoms with Crippen LogP contribution in [0.15, 0.2) is 53.2 Å². The third-order valence-corrected chi connectivity index (χ3v) is 3.91. The van der Waals surface area contributed by atoms with Crippen LogP contribution in [0.5, 0.6) is 0 Å². The van der Waals surface area contributed by atoms with Crippen molar-refractivity contribution in [3.63, 3.8) is 0 Å². The first kappa shape index (κ1) is 16.8. The van der Waals surface area contributed by atoms with E-state index in [1.807, 2.05) is 0 Å². The fraction of sp³-hybridized carbons (Fsp3) is 0.222. The summed E-state index contributed by atoms with van der Waals surface area (Å²) < 4.78 is 18.0. The normalized spacial score (nSPS) is 14.8. The summed E-state index contributed by atoms with van der Waals surface area (Å²) in [6.45, 7) is 1.79. The van der Waals surface area contributed by atoms with Crippen LogP contribution < -0.4 is 5.32 Å². The van der Waals surface area contributed by atoms with Crippen molar-refractivity contribution in [1.82, 2.24) is 9.80 Å². The first-order chi connectivity index (χ1) is 12.1. The number of hydrogen-bond acceptors (Lipinski definition) is 3. The molecule has 1 aromatic heterocycles. The summed E-state index contributed by atoms with van der Waals surface area (Å²) in [5, 5.41) is 2.72. The summed E-state index contributed by atoms with van der Waals surface area (Å²) in [4.78, 5) is 27.6. The number of hydrogen-bond donors (Lipinski definition) is 1. The highest BCUT2D eigenvalue weighted by molar-refractivity contribution is 5.92. The second kappa shape index (κ2) is 7.65. The number of nitrogens with one attached hydrogen (secondary N) is 1. The van der Waals surface area contributed by atoms with Gasteiger partial charge in [0.1, 0.15) is 11.6 Å². The summed E-state index contributed by atoms with van der Waals surface area (Å²) in [5.41, 5.74) is 0.534. The minimum Gasteiger partial charge on any atom is -0.465 e. The van der Waals surface area contributed by atoms with Gasteiger partial charge in [0.15, 0.2) is 0 Å². The number of rotatable bonds is 3. The van der Waals surface area contributed by atoms with Crippen LogP contribution in [-0.4, -0.2) is 47.9 Å². The number of amides is 3. The number of benzene rings is 1. The molecule has 3 rings (SSSR count). The molecule has 1 aliphatic heterocycles. The van der Waals surface area contributed by atoms with E-state index in [1.54, 1.807) is 34.3 Å². The monoisotopic (exact) mass is 343 g/mol. The maximum atomic E-state index is 12.9. The van der Waals surface area contributed by atoms with Gasteiger partial charge in [-0.25, -0.2) is 9.18 Å². The standard InChI is InChI=1S/C18H18FN3O3/c19-14-3-5-15(6-4-14)20-18(24)22-11-9-21(10-12-22)17(23)8-7-16-2-1-13-25-16/h1-8,13H,9-12H2,(H,20,24)/b8-7+. The maximum absolute atomic E-state index is 12.9. The molecule has 0 radical (unpaired) electrons. The van der Waals surface area contributed by atoms with Crippen LogP contribution in [0.4, 0.5) is 14.9 Å². The molecule has 0 aliphatic carbocycles. The van der Waals surface area contributed by atoms with E-state index in [-0.39, 0.29) is 17.8 Å². The first-order valence-corrected chi connectivity index (χ1v) is 7.94. The quantitative estimate of drug-likeness (QED) is 0.872. The van der Waals surface area contributed by atoms with Crippen LogP contribution in [-0.2, 0) is 4.79 Å². The Morgan fingerprint density at radius 3 is 2.36 bits per heavy atom. The third-order valence-electron chi connectivity index (χ3n) is 3.91. The third kappa shape index (κ3) is 4.47. The average Bonchev–Trinajstić information content (AvgIpc) is 3.15. The summed E-state index contributed by atoms with van der Waals surface area (Å²) in [6.07, 6.45) is 4.63. The molecular weight excluding hydrogens is 325 g/mol. The van der Waals surface area contributed by atoms with E-state index < -0.39 is 0 Å². The Kier molecular flexibility index (Phi) is 5.13. The Labute approximate surface area is 144 Å². The molecule has 7 heteroatoms. The van der Waals surface area contributed by atoms with Gasteiger partial charge in [-0.05, 0) is 42.5 Å². The lowest BCUT2D eigenvalue weighted by Gasteiger charge is -2.34. The lowest BCUT2D eigenvalue weighted by atomic mass is 10.3. The van der Waals surface area contributed by atoms with Crippen molar-refractivity contribution >= 4 is 23.7 Å². The van der Waals surface area contributed by atoms with E-state index in [2.05, 4.69) is 5.32 Å². The lowest BCUT2D eigenvalue weighted by molar-refractivity contribution is -0.127. The molecule has 2 heterocycles. The molecule has 0 saturated carbocycles. The summed E-state index contributed by atoms with van der Waals surface area (Å²) in [5.74, 6) is 0.147. The van der Waals surface area contributed by atoms with E-state index in [1.165, 1.54) is 30.3 Å². The molecule has 25 heavy (non-hydrogen) atoms. The summed E-state index contributed by atoms with van der Waals surface area (Å²) in [6, 6.07) is 8.85. The van der Waals surface area contributed by atoms with Gasteiger partial charge in [-0.2, -0.15) is 0 Å².